The number of fused-ring (bicyclic) bond motifs is 1. The highest BCUT2D eigenvalue weighted by atomic mass is 35.5. The number of unbranched alkanes of at least 4 members (excludes halogenated alkanes) is 3. The number of rotatable bonds is 12. The largest absolute Gasteiger partial charge is 0.490 e. The van der Waals surface area contributed by atoms with Gasteiger partial charge in [0.25, 0.3) is 11.8 Å². The number of thiophene rings is 1. The number of hydrogen-bond acceptors (Lipinski definition) is 4. The molecule has 0 unspecified atom stereocenters. The summed E-state index contributed by atoms with van der Waals surface area (Å²) < 4.78 is 5.78. The van der Waals surface area contributed by atoms with Gasteiger partial charge in [0, 0.05) is 17.0 Å². The van der Waals surface area contributed by atoms with E-state index in [2.05, 4.69) is 17.6 Å². The number of anilines is 1. The zero-order chi connectivity index (χ0) is 26.2. The normalized spacial score (nSPS) is 12.3. The SMILES string of the molecule is CCCCCCOc1c(Cl)cc(C(=O)Nc2sc3c(c2C(=O)NCCc2ccccc2)CCC3)cc1Cl. The third-order valence-electron chi connectivity index (χ3n) is 6.42. The lowest BCUT2D eigenvalue weighted by atomic mass is 10.1. The van der Waals surface area contributed by atoms with E-state index in [4.69, 9.17) is 27.9 Å². The van der Waals surface area contributed by atoms with Gasteiger partial charge >= 0.3 is 0 Å². The summed E-state index contributed by atoms with van der Waals surface area (Å²) >= 11 is 14.3. The van der Waals surface area contributed by atoms with E-state index < -0.39 is 0 Å². The predicted molar refractivity (Wildman–Crippen MR) is 153 cm³/mol. The molecule has 0 aliphatic heterocycles. The molecule has 4 rings (SSSR count). The van der Waals surface area contributed by atoms with Crippen molar-refractivity contribution in [2.24, 2.45) is 0 Å². The fourth-order valence-electron chi connectivity index (χ4n) is 4.49. The summed E-state index contributed by atoms with van der Waals surface area (Å²) in [5.74, 6) is -0.130. The molecule has 0 saturated carbocycles. The number of aryl methyl sites for hydroxylation is 1. The monoisotopic (exact) mass is 558 g/mol. The van der Waals surface area contributed by atoms with Gasteiger partial charge in [-0.15, -0.1) is 11.3 Å². The Morgan fingerprint density at radius 3 is 2.49 bits per heavy atom. The maximum atomic E-state index is 13.2. The van der Waals surface area contributed by atoms with Crippen molar-refractivity contribution in [2.45, 2.75) is 58.3 Å². The molecule has 1 aliphatic rings. The summed E-state index contributed by atoms with van der Waals surface area (Å²) in [5, 5.41) is 7.13. The van der Waals surface area contributed by atoms with E-state index in [-0.39, 0.29) is 11.8 Å². The van der Waals surface area contributed by atoms with Gasteiger partial charge in [0.05, 0.1) is 22.2 Å². The topological polar surface area (TPSA) is 67.4 Å². The molecule has 37 heavy (non-hydrogen) atoms. The molecule has 2 aromatic carbocycles. The Balaban J connectivity index is 1.44. The molecule has 3 aromatic rings. The molecule has 1 heterocycles. The number of ether oxygens (including phenoxy) is 1. The third kappa shape index (κ3) is 7.07. The van der Waals surface area contributed by atoms with Gasteiger partial charge in [-0.25, -0.2) is 0 Å². The Hall–Kier alpha value is -2.54. The lowest BCUT2D eigenvalue weighted by Crippen LogP contribution is -2.27. The number of carbonyl (C=O) groups is 2. The second-order valence-electron chi connectivity index (χ2n) is 9.19. The molecule has 0 fully saturated rings. The number of nitrogens with one attached hydrogen (secondary N) is 2. The Kier molecular flexibility index (Phi) is 9.89. The smallest absolute Gasteiger partial charge is 0.256 e. The van der Waals surface area contributed by atoms with Crippen LogP contribution in [0.15, 0.2) is 42.5 Å². The van der Waals surface area contributed by atoms with Gasteiger partial charge in [0.2, 0.25) is 0 Å². The lowest BCUT2D eigenvalue weighted by molar-refractivity contribution is 0.0954. The highest BCUT2D eigenvalue weighted by Gasteiger charge is 2.28. The maximum absolute atomic E-state index is 13.2. The quantitative estimate of drug-likeness (QED) is 0.223. The minimum Gasteiger partial charge on any atom is -0.490 e. The summed E-state index contributed by atoms with van der Waals surface area (Å²) in [7, 11) is 0. The van der Waals surface area contributed by atoms with Crippen molar-refractivity contribution in [1.29, 1.82) is 0 Å². The standard InChI is InChI=1S/C29H32Cl2N2O3S/c1-2-3-4-8-16-36-26-22(30)17-20(18-23(26)31)27(34)33-29-25(21-12-9-13-24(21)37-29)28(35)32-15-14-19-10-6-5-7-11-19/h5-7,10-11,17-18H,2-4,8-9,12-16H2,1H3,(H,32,35)(H,33,34). The highest BCUT2D eigenvalue weighted by Crippen LogP contribution is 2.40. The van der Waals surface area contributed by atoms with Crippen LogP contribution in [0.4, 0.5) is 5.00 Å². The van der Waals surface area contributed by atoms with Gasteiger partial charge in [0.15, 0.2) is 5.75 Å². The van der Waals surface area contributed by atoms with Crippen LogP contribution in [0, 0.1) is 0 Å². The van der Waals surface area contributed by atoms with Gasteiger partial charge in [-0.2, -0.15) is 0 Å². The summed E-state index contributed by atoms with van der Waals surface area (Å²) in [6.07, 6.45) is 7.82. The van der Waals surface area contributed by atoms with Crippen LogP contribution in [0.3, 0.4) is 0 Å². The minimum atomic E-state index is -0.364. The second kappa shape index (κ2) is 13.3. The molecule has 0 atom stereocenters. The van der Waals surface area contributed by atoms with Gasteiger partial charge < -0.3 is 15.4 Å². The zero-order valence-electron chi connectivity index (χ0n) is 21.0. The fourth-order valence-corrected chi connectivity index (χ4v) is 6.37. The summed E-state index contributed by atoms with van der Waals surface area (Å²) in [6.45, 7) is 3.20. The van der Waals surface area contributed by atoms with E-state index in [9.17, 15) is 9.59 Å². The first kappa shape index (κ1) is 27.5. The first-order chi connectivity index (χ1) is 18.0. The van der Waals surface area contributed by atoms with E-state index in [1.807, 2.05) is 30.3 Å². The van der Waals surface area contributed by atoms with Crippen LogP contribution in [0.1, 0.15) is 75.7 Å². The van der Waals surface area contributed by atoms with Crippen LogP contribution in [-0.2, 0) is 19.3 Å². The predicted octanol–water partition coefficient (Wildman–Crippen LogP) is 7.73. The molecule has 0 radical (unpaired) electrons. The van der Waals surface area contributed by atoms with Gasteiger partial charge in [-0.3, -0.25) is 9.59 Å². The average Bonchev–Trinajstić information content (AvgIpc) is 3.46. The second-order valence-corrected chi connectivity index (χ2v) is 11.1. The van der Waals surface area contributed by atoms with Gasteiger partial charge in [-0.1, -0.05) is 79.7 Å². The Morgan fingerprint density at radius 2 is 1.76 bits per heavy atom. The Bertz CT molecular complexity index is 1220. The van der Waals surface area contributed by atoms with Crippen molar-refractivity contribution < 1.29 is 14.3 Å². The first-order valence-corrected chi connectivity index (χ1v) is 14.4. The van der Waals surface area contributed by atoms with Crippen LogP contribution in [-0.4, -0.2) is 25.0 Å². The number of carbonyl (C=O) groups excluding carboxylic acids is 2. The molecule has 1 aliphatic carbocycles. The van der Waals surface area contributed by atoms with E-state index in [1.165, 1.54) is 11.3 Å². The maximum Gasteiger partial charge on any atom is 0.256 e. The molecule has 0 bridgehead atoms. The van der Waals surface area contributed by atoms with Crippen molar-refractivity contribution in [3.8, 4) is 5.75 Å². The molecule has 1 aromatic heterocycles. The highest BCUT2D eigenvalue weighted by molar-refractivity contribution is 7.17. The van der Waals surface area contributed by atoms with E-state index in [0.717, 1.165) is 67.4 Å². The number of hydrogen-bond donors (Lipinski definition) is 2. The molecule has 2 amide bonds. The number of halogens is 2. The Labute approximate surface area is 232 Å². The van der Waals surface area contributed by atoms with Crippen molar-refractivity contribution in [2.75, 3.05) is 18.5 Å². The van der Waals surface area contributed by atoms with E-state index in [0.29, 0.717) is 45.1 Å². The van der Waals surface area contributed by atoms with Gasteiger partial charge in [0.1, 0.15) is 5.00 Å². The van der Waals surface area contributed by atoms with Crippen LogP contribution >= 0.6 is 34.5 Å². The third-order valence-corrected chi connectivity index (χ3v) is 8.19. The molecule has 0 spiro atoms. The van der Waals surface area contributed by atoms with Crippen molar-refractivity contribution >= 4 is 51.4 Å². The summed E-state index contributed by atoms with van der Waals surface area (Å²) in [4.78, 5) is 27.5. The number of amides is 2. The number of benzene rings is 2. The molecular weight excluding hydrogens is 527 g/mol. The molecular formula is C29H32Cl2N2O3S. The zero-order valence-corrected chi connectivity index (χ0v) is 23.3. The molecule has 0 saturated heterocycles. The first-order valence-electron chi connectivity index (χ1n) is 12.9. The Morgan fingerprint density at radius 1 is 1.00 bits per heavy atom. The van der Waals surface area contributed by atoms with Crippen molar-refractivity contribution in [1.82, 2.24) is 5.32 Å². The summed E-state index contributed by atoms with van der Waals surface area (Å²) in [5.41, 5.74) is 3.09. The van der Waals surface area contributed by atoms with Crippen molar-refractivity contribution in [3.05, 3.63) is 79.6 Å². The average molecular weight is 560 g/mol. The summed E-state index contributed by atoms with van der Waals surface area (Å²) in [6, 6.07) is 13.2. The van der Waals surface area contributed by atoms with Gasteiger partial charge in [-0.05, 0) is 55.4 Å². The van der Waals surface area contributed by atoms with Crippen LogP contribution in [0.5, 0.6) is 5.75 Å². The van der Waals surface area contributed by atoms with Crippen LogP contribution in [0.25, 0.3) is 0 Å². The van der Waals surface area contributed by atoms with Crippen LogP contribution in [0.2, 0.25) is 10.0 Å². The lowest BCUT2D eigenvalue weighted by Gasteiger charge is -2.13. The minimum absolute atomic E-state index is 0.159. The van der Waals surface area contributed by atoms with Crippen LogP contribution < -0.4 is 15.4 Å². The molecule has 5 nitrogen and oxygen atoms in total. The van der Waals surface area contributed by atoms with E-state index in [1.54, 1.807) is 12.1 Å². The molecule has 2 N–H and O–H groups in total. The molecule has 8 heteroatoms. The fraction of sp³-hybridized carbons (Fsp3) is 0.379. The van der Waals surface area contributed by atoms with Crippen molar-refractivity contribution in [3.63, 3.8) is 0 Å². The van der Waals surface area contributed by atoms with E-state index >= 15 is 0 Å². The molecule has 196 valence electrons.